The number of aromatic amines is 1. The molecular formula is C23H22ClN3O3. The SMILES string of the molecule is NC(=O)C(=O)c1c[nH]c2cc(Cl)c(C(=O)N3CCC(Cc4ccccc4)CC3)cc12. The summed E-state index contributed by atoms with van der Waals surface area (Å²) in [5.41, 5.74) is 7.48. The summed E-state index contributed by atoms with van der Waals surface area (Å²) < 4.78 is 0. The molecule has 3 aromatic rings. The number of fused-ring (bicyclic) bond motifs is 1. The van der Waals surface area contributed by atoms with Gasteiger partial charge in [-0.25, -0.2) is 0 Å². The van der Waals surface area contributed by atoms with Crippen LogP contribution in [0.15, 0.2) is 48.7 Å². The number of nitrogens with zero attached hydrogens (tertiary/aromatic N) is 1. The second-order valence-corrected chi connectivity index (χ2v) is 8.11. The van der Waals surface area contributed by atoms with Crippen molar-refractivity contribution in [2.45, 2.75) is 19.3 Å². The predicted molar refractivity (Wildman–Crippen MR) is 116 cm³/mol. The smallest absolute Gasteiger partial charge is 0.289 e. The van der Waals surface area contributed by atoms with Crippen molar-refractivity contribution in [3.05, 3.63) is 70.4 Å². The Bertz CT molecular complexity index is 1120. The van der Waals surface area contributed by atoms with Gasteiger partial charge in [-0.05, 0) is 42.9 Å². The first-order chi connectivity index (χ1) is 14.4. The van der Waals surface area contributed by atoms with Gasteiger partial charge >= 0.3 is 0 Å². The van der Waals surface area contributed by atoms with E-state index in [0.29, 0.717) is 40.5 Å². The number of primary amides is 1. The van der Waals surface area contributed by atoms with Crippen LogP contribution in [-0.2, 0) is 11.2 Å². The number of carbonyl (C=O) groups excluding carboxylic acids is 3. The molecule has 1 aliphatic rings. The van der Waals surface area contributed by atoms with Crippen LogP contribution in [0, 0.1) is 5.92 Å². The molecule has 0 radical (unpaired) electrons. The zero-order chi connectivity index (χ0) is 21.3. The molecule has 0 atom stereocenters. The molecule has 1 fully saturated rings. The molecule has 0 bridgehead atoms. The average molecular weight is 424 g/mol. The Morgan fingerprint density at radius 2 is 1.77 bits per heavy atom. The van der Waals surface area contributed by atoms with Crippen molar-refractivity contribution in [2.75, 3.05) is 13.1 Å². The average Bonchev–Trinajstić information content (AvgIpc) is 3.15. The van der Waals surface area contributed by atoms with Gasteiger partial charge in [0.2, 0.25) is 0 Å². The summed E-state index contributed by atoms with van der Waals surface area (Å²) in [4.78, 5) is 41.2. The van der Waals surface area contributed by atoms with E-state index in [2.05, 4.69) is 17.1 Å². The number of nitrogens with two attached hydrogens (primary N) is 1. The number of nitrogens with one attached hydrogen (secondary N) is 1. The molecule has 1 saturated heterocycles. The van der Waals surface area contributed by atoms with Crippen molar-refractivity contribution in [3.8, 4) is 0 Å². The maximum absolute atomic E-state index is 13.1. The van der Waals surface area contributed by atoms with E-state index in [1.807, 2.05) is 18.2 Å². The number of Topliss-reactive ketones (excluding diaryl/α,β-unsaturated/α-hetero) is 1. The molecule has 4 rings (SSSR count). The first-order valence-electron chi connectivity index (χ1n) is 9.92. The van der Waals surface area contributed by atoms with Gasteiger partial charge in [-0.15, -0.1) is 0 Å². The zero-order valence-electron chi connectivity index (χ0n) is 16.4. The van der Waals surface area contributed by atoms with Crippen LogP contribution < -0.4 is 5.73 Å². The second-order valence-electron chi connectivity index (χ2n) is 7.70. The number of halogens is 1. The molecule has 2 aromatic carbocycles. The molecule has 1 aliphatic heterocycles. The van der Waals surface area contributed by atoms with Gasteiger partial charge in [0.05, 0.1) is 16.1 Å². The summed E-state index contributed by atoms with van der Waals surface area (Å²) >= 11 is 6.36. The van der Waals surface area contributed by atoms with Crippen molar-refractivity contribution >= 4 is 40.1 Å². The Morgan fingerprint density at radius 3 is 2.43 bits per heavy atom. The lowest BCUT2D eigenvalue weighted by Gasteiger charge is -2.32. The van der Waals surface area contributed by atoms with Crippen LogP contribution in [0.4, 0.5) is 0 Å². The van der Waals surface area contributed by atoms with Crippen molar-refractivity contribution in [2.24, 2.45) is 11.7 Å². The third-order valence-corrected chi connectivity index (χ3v) is 6.05. The molecule has 0 spiro atoms. The van der Waals surface area contributed by atoms with E-state index < -0.39 is 11.7 Å². The van der Waals surface area contributed by atoms with Crippen molar-refractivity contribution in [1.29, 1.82) is 0 Å². The third-order valence-electron chi connectivity index (χ3n) is 5.74. The molecule has 0 saturated carbocycles. The lowest BCUT2D eigenvalue weighted by Crippen LogP contribution is -2.39. The number of hydrogen-bond donors (Lipinski definition) is 2. The van der Waals surface area contributed by atoms with Crippen LogP contribution in [-0.4, -0.2) is 40.6 Å². The standard InChI is InChI=1S/C23H22ClN3O3/c24-19-12-20-16(18(13-26-20)21(28)22(25)29)11-17(19)23(30)27-8-6-15(7-9-27)10-14-4-2-1-3-5-14/h1-5,11-13,15,26H,6-10H2,(H2,25,29). The Hall–Kier alpha value is -3.12. The van der Waals surface area contributed by atoms with Crippen molar-refractivity contribution < 1.29 is 14.4 Å². The summed E-state index contributed by atoms with van der Waals surface area (Å²) in [6.07, 6.45) is 4.28. The quantitative estimate of drug-likeness (QED) is 0.484. The number of piperidine rings is 1. The lowest BCUT2D eigenvalue weighted by molar-refractivity contribution is -0.114. The zero-order valence-corrected chi connectivity index (χ0v) is 17.1. The fourth-order valence-corrected chi connectivity index (χ4v) is 4.33. The number of rotatable bonds is 5. The third kappa shape index (κ3) is 3.96. The van der Waals surface area contributed by atoms with Gasteiger partial charge < -0.3 is 15.6 Å². The van der Waals surface area contributed by atoms with Crippen LogP contribution in [0.25, 0.3) is 10.9 Å². The fraction of sp³-hybridized carbons (Fsp3) is 0.261. The Labute approximate surface area is 179 Å². The van der Waals surface area contributed by atoms with Crippen LogP contribution in [0.5, 0.6) is 0 Å². The van der Waals surface area contributed by atoms with E-state index >= 15 is 0 Å². The molecule has 0 unspecified atom stereocenters. The van der Waals surface area contributed by atoms with Gasteiger partial charge in [-0.2, -0.15) is 0 Å². The monoisotopic (exact) mass is 423 g/mol. The molecule has 2 amide bonds. The summed E-state index contributed by atoms with van der Waals surface area (Å²) in [6.45, 7) is 1.32. The van der Waals surface area contributed by atoms with Gasteiger partial charge in [-0.3, -0.25) is 14.4 Å². The van der Waals surface area contributed by atoms with E-state index in [9.17, 15) is 14.4 Å². The fourth-order valence-electron chi connectivity index (χ4n) is 4.09. The van der Waals surface area contributed by atoms with Crippen LogP contribution in [0.2, 0.25) is 5.02 Å². The number of ketones is 1. The highest BCUT2D eigenvalue weighted by molar-refractivity contribution is 6.44. The van der Waals surface area contributed by atoms with E-state index in [4.69, 9.17) is 17.3 Å². The number of carbonyl (C=O) groups is 3. The second kappa shape index (κ2) is 8.32. The van der Waals surface area contributed by atoms with Gasteiger partial charge in [0, 0.05) is 30.2 Å². The maximum atomic E-state index is 13.1. The largest absolute Gasteiger partial charge is 0.363 e. The number of aromatic nitrogens is 1. The highest BCUT2D eigenvalue weighted by Gasteiger charge is 2.26. The summed E-state index contributed by atoms with van der Waals surface area (Å²) in [7, 11) is 0. The molecule has 0 aliphatic carbocycles. The van der Waals surface area contributed by atoms with Gasteiger partial charge in [0.15, 0.2) is 0 Å². The van der Waals surface area contributed by atoms with Crippen molar-refractivity contribution in [3.63, 3.8) is 0 Å². The van der Waals surface area contributed by atoms with Gasteiger partial charge in [0.25, 0.3) is 17.6 Å². The summed E-state index contributed by atoms with van der Waals surface area (Å²) in [5, 5.41) is 0.768. The van der Waals surface area contributed by atoms with Gasteiger partial charge in [-0.1, -0.05) is 41.9 Å². The number of amides is 2. The van der Waals surface area contributed by atoms with E-state index in [1.165, 1.54) is 11.8 Å². The normalized spacial score (nSPS) is 14.8. The first kappa shape index (κ1) is 20.2. The summed E-state index contributed by atoms with van der Waals surface area (Å²) in [6, 6.07) is 13.5. The number of H-pyrrole nitrogens is 1. The number of likely N-dealkylation sites (tertiary alicyclic amines) is 1. The lowest BCUT2D eigenvalue weighted by atomic mass is 9.90. The Balaban J connectivity index is 1.51. The minimum Gasteiger partial charge on any atom is -0.363 e. The molecule has 3 N–H and O–H groups in total. The minimum absolute atomic E-state index is 0.143. The maximum Gasteiger partial charge on any atom is 0.289 e. The number of benzene rings is 2. The highest BCUT2D eigenvalue weighted by Crippen LogP contribution is 2.29. The highest BCUT2D eigenvalue weighted by atomic mass is 35.5. The predicted octanol–water partition coefficient (Wildman–Crippen LogP) is 3.58. The summed E-state index contributed by atoms with van der Waals surface area (Å²) in [5.74, 6) is -1.47. The van der Waals surface area contributed by atoms with Crippen LogP contribution in [0.3, 0.4) is 0 Å². The first-order valence-corrected chi connectivity index (χ1v) is 10.3. The van der Waals surface area contributed by atoms with Gasteiger partial charge in [0.1, 0.15) is 0 Å². The van der Waals surface area contributed by atoms with Crippen molar-refractivity contribution in [1.82, 2.24) is 9.88 Å². The van der Waals surface area contributed by atoms with E-state index in [0.717, 1.165) is 19.3 Å². The Morgan fingerprint density at radius 1 is 1.07 bits per heavy atom. The molecule has 30 heavy (non-hydrogen) atoms. The van der Waals surface area contributed by atoms with E-state index in [-0.39, 0.29) is 11.5 Å². The minimum atomic E-state index is -1.04. The van der Waals surface area contributed by atoms with Crippen LogP contribution >= 0.6 is 11.6 Å². The van der Waals surface area contributed by atoms with Crippen LogP contribution in [0.1, 0.15) is 39.1 Å². The number of hydrogen-bond acceptors (Lipinski definition) is 3. The Kier molecular flexibility index (Phi) is 5.59. The molecule has 154 valence electrons. The topological polar surface area (TPSA) is 96.3 Å². The molecule has 6 nitrogen and oxygen atoms in total. The molecule has 7 heteroatoms. The molecule has 1 aromatic heterocycles. The molecular weight excluding hydrogens is 402 g/mol. The van der Waals surface area contributed by atoms with E-state index in [1.54, 1.807) is 17.0 Å². The molecule has 2 heterocycles.